The van der Waals surface area contributed by atoms with Crippen LogP contribution in [0.5, 0.6) is 0 Å². The minimum atomic E-state index is -0.176. The Labute approximate surface area is 392 Å². The van der Waals surface area contributed by atoms with Gasteiger partial charge in [0, 0.05) is 22.7 Å². The molecule has 10 rings (SSSR count). The van der Waals surface area contributed by atoms with Gasteiger partial charge in [-0.05, 0) is 109 Å². The molecule has 2 radical (unpaired) electrons. The Morgan fingerprint density at radius 3 is 1.79 bits per heavy atom. The minimum Gasteiger partial charge on any atom is -0.463 e. The molecule has 1 N–H and O–H groups in total. The largest absolute Gasteiger partial charge is 0.463 e. The van der Waals surface area contributed by atoms with Gasteiger partial charge in [-0.25, -0.2) is 0 Å². The predicted octanol–water partition coefficient (Wildman–Crippen LogP) is 14.7. The predicted molar refractivity (Wildman–Crippen MR) is 276 cm³/mol. The number of nitrogens with zero attached hydrogens (tertiary/aromatic N) is 2. The molecule has 2 unspecified atom stereocenters. The SMILES string of the molecule is CC(C)(C)c1ccc(C2=[N+]([B-]C3c4ccccc4[C@@]4(C)C=CC=CC34)/C(=C(/c3cc(-c4ccccc4)cc(-c4ccccc4)c3)c3ccc(-c4ccc(C(C)(C)C)cc4)[nH]3)C=C2C#N)cc1. The van der Waals surface area contributed by atoms with Gasteiger partial charge in [-0.2, -0.15) is 5.26 Å². The maximum atomic E-state index is 11.3. The molecule has 322 valence electrons. The third-order valence-electron chi connectivity index (χ3n) is 14.1. The number of hydrogen-bond acceptors (Lipinski definition) is 1. The first-order valence-corrected chi connectivity index (χ1v) is 23.3. The fraction of sp³-hybridized carbons (Fsp3) is 0.194. The Kier molecular flexibility index (Phi) is 10.8. The molecular weight excluding hydrogens is 798 g/mol. The summed E-state index contributed by atoms with van der Waals surface area (Å²) in [4.78, 5) is 3.93. The molecule has 2 aliphatic carbocycles. The molecular formula is C62H56BN3. The molecule has 1 aromatic heterocycles. The van der Waals surface area contributed by atoms with Crippen LogP contribution in [-0.2, 0) is 16.2 Å². The summed E-state index contributed by atoms with van der Waals surface area (Å²) in [5, 5.41) is 11.3. The van der Waals surface area contributed by atoms with Gasteiger partial charge in [0.05, 0.1) is 18.7 Å². The smallest absolute Gasteiger partial charge is 0.173 e. The number of allylic oxidation sites excluding steroid dienone is 6. The van der Waals surface area contributed by atoms with E-state index in [-0.39, 0.29) is 28.0 Å². The van der Waals surface area contributed by atoms with Crippen molar-refractivity contribution < 1.29 is 4.49 Å². The fourth-order valence-electron chi connectivity index (χ4n) is 10.4. The first kappa shape index (κ1) is 42.7. The molecule has 0 saturated heterocycles. The van der Waals surface area contributed by atoms with E-state index >= 15 is 0 Å². The van der Waals surface area contributed by atoms with Gasteiger partial charge >= 0.3 is 0 Å². The van der Waals surface area contributed by atoms with Crippen LogP contribution in [0.3, 0.4) is 0 Å². The second kappa shape index (κ2) is 16.7. The summed E-state index contributed by atoms with van der Waals surface area (Å²) in [5.74, 6) is 0.203. The van der Waals surface area contributed by atoms with Crippen molar-refractivity contribution in [2.45, 2.75) is 70.5 Å². The van der Waals surface area contributed by atoms with Crippen LogP contribution in [0.15, 0.2) is 205 Å². The molecule has 0 saturated carbocycles. The van der Waals surface area contributed by atoms with Crippen LogP contribution in [0.2, 0.25) is 0 Å². The second-order valence-corrected chi connectivity index (χ2v) is 20.4. The summed E-state index contributed by atoms with van der Waals surface area (Å²) in [7, 11) is 2.43. The van der Waals surface area contributed by atoms with Gasteiger partial charge in [-0.1, -0.05) is 200 Å². The van der Waals surface area contributed by atoms with Gasteiger partial charge in [0.2, 0.25) is 0 Å². The highest BCUT2D eigenvalue weighted by atomic mass is 15.0. The Morgan fingerprint density at radius 2 is 1.20 bits per heavy atom. The molecule has 2 heterocycles. The van der Waals surface area contributed by atoms with Crippen LogP contribution in [0.25, 0.3) is 39.1 Å². The van der Waals surface area contributed by atoms with Crippen molar-refractivity contribution >= 4 is 18.7 Å². The fourth-order valence-corrected chi connectivity index (χ4v) is 10.4. The van der Waals surface area contributed by atoms with Gasteiger partial charge in [0.25, 0.3) is 0 Å². The van der Waals surface area contributed by atoms with Crippen molar-refractivity contribution in [3.63, 3.8) is 0 Å². The summed E-state index contributed by atoms with van der Waals surface area (Å²) >= 11 is 0. The van der Waals surface area contributed by atoms with Gasteiger partial charge in [0.1, 0.15) is 11.6 Å². The summed E-state index contributed by atoms with van der Waals surface area (Å²) in [5.41, 5.74) is 18.2. The molecule has 3 atom stereocenters. The lowest BCUT2D eigenvalue weighted by atomic mass is 9.61. The number of hydrogen-bond donors (Lipinski definition) is 1. The number of nitrogens with one attached hydrogen (secondary N) is 1. The van der Waals surface area contributed by atoms with E-state index in [4.69, 9.17) is 0 Å². The van der Waals surface area contributed by atoms with E-state index in [1.807, 2.05) is 0 Å². The van der Waals surface area contributed by atoms with E-state index < -0.39 is 0 Å². The van der Waals surface area contributed by atoms with Crippen molar-refractivity contribution in [1.82, 2.24) is 4.98 Å². The number of nitriles is 1. The molecule has 3 nitrogen and oxygen atoms in total. The number of benzene rings is 6. The van der Waals surface area contributed by atoms with E-state index in [1.165, 1.54) is 22.3 Å². The average Bonchev–Trinajstić information content (AvgIpc) is 4.03. The van der Waals surface area contributed by atoms with Gasteiger partial charge in [0.15, 0.2) is 11.4 Å². The minimum absolute atomic E-state index is 0.0196. The van der Waals surface area contributed by atoms with Crippen molar-refractivity contribution in [2.75, 3.05) is 0 Å². The van der Waals surface area contributed by atoms with Gasteiger partial charge < -0.3 is 9.47 Å². The van der Waals surface area contributed by atoms with Crippen LogP contribution >= 0.6 is 0 Å². The summed E-state index contributed by atoms with van der Waals surface area (Å²) in [6, 6.07) is 62.1. The zero-order valence-electron chi connectivity index (χ0n) is 39.1. The highest BCUT2D eigenvalue weighted by Crippen LogP contribution is 2.53. The summed E-state index contributed by atoms with van der Waals surface area (Å²) < 4.78 is 2.37. The lowest BCUT2D eigenvalue weighted by Gasteiger charge is -2.36. The molecule has 3 aliphatic rings. The highest BCUT2D eigenvalue weighted by molar-refractivity contribution is 6.34. The normalized spacial score (nSPS) is 19.6. The van der Waals surface area contributed by atoms with Crippen LogP contribution in [0.1, 0.15) is 93.4 Å². The van der Waals surface area contributed by atoms with Crippen molar-refractivity contribution in [3.8, 4) is 39.6 Å². The third kappa shape index (κ3) is 7.77. The zero-order chi connectivity index (χ0) is 45.8. The van der Waals surface area contributed by atoms with Crippen molar-refractivity contribution in [3.05, 3.63) is 245 Å². The Balaban J connectivity index is 1.26. The van der Waals surface area contributed by atoms with E-state index in [0.29, 0.717) is 5.57 Å². The van der Waals surface area contributed by atoms with Crippen LogP contribution in [-0.4, -0.2) is 22.6 Å². The highest BCUT2D eigenvalue weighted by Gasteiger charge is 2.45. The molecule has 0 spiro atoms. The van der Waals surface area contributed by atoms with Gasteiger partial charge in [-0.15, -0.1) is 5.82 Å². The Hall–Kier alpha value is -7.22. The number of H-pyrrole nitrogens is 1. The number of fused-ring (bicyclic) bond motifs is 3. The molecule has 6 aromatic carbocycles. The van der Waals surface area contributed by atoms with Crippen LogP contribution in [0.4, 0.5) is 0 Å². The first-order valence-electron chi connectivity index (χ1n) is 23.3. The maximum Gasteiger partial charge on any atom is 0.173 e. The first-order chi connectivity index (χ1) is 31.8. The number of aromatic amines is 1. The summed E-state index contributed by atoms with van der Waals surface area (Å²) in [6.07, 6.45) is 11.3. The second-order valence-electron chi connectivity index (χ2n) is 20.4. The lowest BCUT2D eigenvalue weighted by Crippen LogP contribution is -2.34. The van der Waals surface area contributed by atoms with E-state index in [2.05, 4.69) is 266 Å². The average molecular weight is 854 g/mol. The lowest BCUT2D eigenvalue weighted by molar-refractivity contribution is -0.311. The molecule has 7 aromatic rings. The molecule has 66 heavy (non-hydrogen) atoms. The standard InChI is InChI=1S/C62H56BN3/c1-60(2,3)49-29-25-43(26-30-49)54-33-34-55(65-54)57(47-37-45(41-18-10-8-11-19-41)36-46(38-47)42-20-12-9-13-21-42)56-39-48(40-64)59(44-27-31-50(32-28-44)61(4,5)6)66(56)63-58-51-22-14-15-23-52(51)62(7)35-17-16-24-53(58)62/h8-39,53,58,65H,1-7H3/b57-56-/t53?,58?,62-/m1/s1. The quantitative estimate of drug-likeness (QED) is 0.152. The molecule has 0 bridgehead atoms. The van der Waals surface area contributed by atoms with Gasteiger partial charge in [-0.3, -0.25) is 0 Å². The van der Waals surface area contributed by atoms with Crippen molar-refractivity contribution in [2.24, 2.45) is 5.92 Å². The van der Waals surface area contributed by atoms with Crippen LogP contribution < -0.4 is 0 Å². The molecule has 0 fully saturated rings. The zero-order valence-corrected chi connectivity index (χ0v) is 39.1. The topological polar surface area (TPSA) is 42.6 Å². The van der Waals surface area contributed by atoms with Crippen LogP contribution in [0, 0.1) is 17.2 Å². The van der Waals surface area contributed by atoms with E-state index in [1.54, 1.807) is 0 Å². The monoisotopic (exact) mass is 853 g/mol. The number of rotatable bonds is 8. The maximum absolute atomic E-state index is 11.3. The summed E-state index contributed by atoms with van der Waals surface area (Å²) in [6.45, 7) is 15.9. The van der Waals surface area contributed by atoms with E-state index in [0.717, 1.165) is 67.3 Å². The molecule has 0 amide bonds. The van der Waals surface area contributed by atoms with E-state index in [9.17, 15) is 5.26 Å². The molecule has 1 aliphatic heterocycles. The Bertz CT molecular complexity index is 3120. The third-order valence-corrected chi connectivity index (χ3v) is 14.1. The molecule has 4 heteroatoms. The number of aromatic nitrogens is 1. The Morgan fingerprint density at radius 1 is 0.621 bits per heavy atom. The van der Waals surface area contributed by atoms with Crippen molar-refractivity contribution in [1.29, 1.82) is 5.26 Å².